The Morgan fingerprint density at radius 2 is 2.20 bits per heavy atom. The average molecular weight is 290 g/mol. The first-order chi connectivity index (χ1) is 9.58. The molecule has 6 heteroatoms. The number of rotatable bonds is 5. The summed E-state index contributed by atoms with van der Waals surface area (Å²) in [6.07, 6.45) is 1.65. The van der Waals surface area contributed by atoms with E-state index < -0.39 is 5.97 Å². The summed E-state index contributed by atoms with van der Waals surface area (Å²) in [5.41, 5.74) is 0.760. The van der Waals surface area contributed by atoms with E-state index in [-0.39, 0.29) is 11.1 Å². The number of aromatic nitrogens is 2. The van der Waals surface area contributed by atoms with Crippen LogP contribution in [0.15, 0.2) is 45.2 Å². The molecule has 0 spiro atoms. The van der Waals surface area contributed by atoms with Crippen LogP contribution in [0.5, 0.6) is 0 Å². The molecule has 0 aliphatic heterocycles. The molecule has 0 radical (unpaired) electrons. The molecule has 0 amide bonds. The first-order valence-corrected chi connectivity index (χ1v) is 7.01. The Bertz CT molecular complexity index is 682. The average Bonchev–Trinajstić information content (AvgIpc) is 2.38. The number of carboxylic acid groups (broad SMARTS) is 1. The van der Waals surface area contributed by atoms with Gasteiger partial charge in [-0.05, 0) is 24.6 Å². The van der Waals surface area contributed by atoms with Crippen LogP contribution in [0, 0.1) is 0 Å². The molecule has 1 heterocycles. The molecular weight excluding hydrogens is 276 g/mol. The monoisotopic (exact) mass is 290 g/mol. The van der Waals surface area contributed by atoms with E-state index in [1.165, 1.54) is 23.9 Å². The van der Waals surface area contributed by atoms with Crippen molar-refractivity contribution in [2.75, 3.05) is 0 Å². The molecule has 0 aliphatic carbocycles. The standard InChI is InChI=1S/C14H14N2O3S/c1-2-4-10-8-12(17)16-14(15-10)20-11-6-3-5-9(7-11)13(18)19/h3,5-8H,2,4H2,1H3,(H,18,19)(H,15,16,17). The largest absolute Gasteiger partial charge is 0.478 e. The number of hydrogen-bond donors (Lipinski definition) is 2. The summed E-state index contributed by atoms with van der Waals surface area (Å²) < 4.78 is 0. The van der Waals surface area contributed by atoms with Crippen LogP contribution < -0.4 is 5.56 Å². The normalized spacial score (nSPS) is 10.4. The molecule has 0 saturated carbocycles. The Balaban J connectivity index is 2.27. The van der Waals surface area contributed by atoms with E-state index in [0.29, 0.717) is 5.16 Å². The van der Waals surface area contributed by atoms with Gasteiger partial charge in [0.05, 0.1) is 5.56 Å². The highest BCUT2D eigenvalue weighted by Crippen LogP contribution is 2.24. The minimum atomic E-state index is -0.978. The van der Waals surface area contributed by atoms with Gasteiger partial charge < -0.3 is 10.1 Å². The van der Waals surface area contributed by atoms with E-state index in [2.05, 4.69) is 9.97 Å². The molecule has 1 aromatic heterocycles. The first kappa shape index (κ1) is 14.3. The third kappa shape index (κ3) is 3.71. The third-order valence-electron chi connectivity index (χ3n) is 2.57. The predicted octanol–water partition coefficient (Wildman–Crippen LogP) is 2.57. The number of aryl methyl sites for hydroxylation is 1. The van der Waals surface area contributed by atoms with E-state index in [1.807, 2.05) is 6.92 Å². The topological polar surface area (TPSA) is 83.0 Å². The lowest BCUT2D eigenvalue weighted by atomic mass is 10.2. The summed E-state index contributed by atoms with van der Waals surface area (Å²) in [7, 11) is 0. The molecule has 2 aromatic rings. The Labute approximate surface area is 120 Å². The van der Waals surface area contributed by atoms with Crippen LogP contribution in [0.1, 0.15) is 29.4 Å². The fraction of sp³-hybridized carbons (Fsp3) is 0.214. The number of benzene rings is 1. The summed E-state index contributed by atoms with van der Waals surface area (Å²) >= 11 is 1.24. The summed E-state index contributed by atoms with van der Waals surface area (Å²) in [5, 5.41) is 9.43. The van der Waals surface area contributed by atoms with Crippen molar-refractivity contribution in [1.29, 1.82) is 0 Å². The number of nitrogens with zero attached hydrogens (tertiary/aromatic N) is 1. The van der Waals surface area contributed by atoms with Gasteiger partial charge in [0.2, 0.25) is 0 Å². The maximum absolute atomic E-state index is 11.5. The van der Waals surface area contributed by atoms with Gasteiger partial charge in [0.25, 0.3) is 5.56 Å². The molecule has 20 heavy (non-hydrogen) atoms. The molecule has 0 fully saturated rings. The third-order valence-corrected chi connectivity index (χ3v) is 3.45. The van der Waals surface area contributed by atoms with Gasteiger partial charge in [0.1, 0.15) is 0 Å². The highest BCUT2D eigenvalue weighted by Gasteiger charge is 2.07. The van der Waals surface area contributed by atoms with E-state index >= 15 is 0 Å². The van der Waals surface area contributed by atoms with Gasteiger partial charge in [0.15, 0.2) is 5.16 Å². The van der Waals surface area contributed by atoms with Crippen molar-refractivity contribution in [2.45, 2.75) is 29.8 Å². The lowest BCUT2D eigenvalue weighted by Gasteiger charge is -2.04. The highest BCUT2D eigenvalue weighted by atomic mass is 32.2. The van der Waals surface area contributed by atoms with Gasteiger partial charge in [0, 0.05) is 16.7 Å². The van der Waals surface area contributed by atoms with Crippen LogP contribution in [0.2, 0.25) is 0 Å². The lowest BCUT2D eigenvalue weighted by molar-refractivity contribution is 0.0696. The summed E-state index contributed by atoms with van der Waals surface area (Å²) in [6, 6.07) is 8.01. The molecule has 0 bridgehead atoms. The number of carboxylic acids is 1. The van der Waals surface area contributed by atoms with E-state index in [1.54, 1.807) is 18.2 Å². The molecule has 0 saturated heterocycles. The zero-order chi connectivity index (χ0) is 14.5. The second-order valence-electron chi connectivity index (χ2n) is 4.23. The Morgan fingerprint density at radius 1 is 1.40 bits per heavy atom. The van der Waals surface area contributed by atoms with Crippen LogP contribution in [0.25, 0.3) is 0 Å². The molecule has 2 N–H and O–H groups in total. The van der Waals surface area contributed by atoms with Crippen LogP contribution in [-0.2, 0) is 6.42 Å². The Morgan fingerprint density at radius 3 is 2.90 bits per heavy atom. The van der Waals surface area contributed by atoms with Gasteiger partial charge in [-0.3, -0.25) is 4.79 Å². The number of H-pyrrole nitrogens is 1. The molecule has 0 unspecified atom stereocenters. The number of hydrogen-bond acceptors (Lipinski definition) is 4. The van der Waals surface area contributed by atoms with Crippen molar-refractivity contribution >= 4 is 17.7 Å². The number of nitrogens with one attached hydrogen (secondary N) is 1. The van der Waals surface area contributed by atoms with E-state index in [4.69, 9.17) is 5.11 Å². The quantitative estimate of drug-likeness (QED) is 0.827. The smallest absolute Gasteiger partial charge is 0.335 e. The van der Waals surface area contributed by atoms with Crippen LogP contribution in [0.3, 0.4) is 0 Å². The van der Waals surface area contributed by atoms with Gasteiger partial charge in [-0.15, -0.1) is 0 Å². The Hall–Kier alpha value is -2.08. The molecule has 0 atom stereocenters. The molecule has 0 aliphatic rings. The fourth-order valence-electron chi connectivity index (χ4n) is 1.72. The molecular formula is C14H14N2O3S. The fourth-order valence-corrected chi connectivity index (χ4v) is 2.59. The van der Waals surface area contributed by atoms with Crippen molar-refractivity contribution in [3.05, 3.63) is 51.9 Å². The van der Waals surface area contributed by atoms with Crippen LogP contribution in [-0.4, -0.2) is 21.0 Å². The maximum Gasteiger partial charge on any atom is 0.335 e. The molecule has 104 valence electrons. The van der Waals surface area contributed by atoms with Crippen molar-refractivity contribution in [3.63, 3.8) is 0 Å². The van der Waals surface area contributed by atoms with Crippen molar-refractivity contribution in [3.8, 4) is 0 Å². The highest BCUT2D eigenvalue weighted by molar-refractivity contribution is 7.99. The number of aromatic amines is 1. The zero-order valence-electron chi connectivity index (χ0n) is 10.9. The van der Waals surface area contributed by atoms with E-state index in [0.717, 1.165) is 23.4 Å². The first-order valence-electron chi connectivity index (χ1n) is 6.20. The predicted molar refractivity (Wildman–Crippen MR) is 76.4 cm³/mol. The second-order valence-corrected chi connectivity index (χ2v) is 5.29. The van der Waals surface area contributed by atoms with E-state index in [9.17, 15) is 9.59 Å². The van der Waals surface area contributed by atoms with Gasteiger partial charge >= 0.3 is 5.97 Å². The maximum atomic E-state index is 11.5. The van der Waals surface area contributed by atoms with Crippen LogP contribution in [0.4, 0.5) is 0 Å². The number of aromatic carboxylic acids is 1. The van der Waals surface area contributed by atoms with Gasteiger partial charge in [-0.2, -0.15) is 0 Å². The van der Waals surface area contributed by atoms with Crippen molar-refractivity contribution < 1.29 is 9.90 Å². The minimum absolute atomic E-state index is 0.194. The van der Waals surface area contributed by atoms with Gasteiger partial charge in [-0.1, -0.05) is 31.2 Å². The summed E-state index contributed by atoms with van der Waals surface area (Å²) in [6.45, 7) is 2.02. The zero-order valence-corrected chi connectivity index (χ0v) is 11.7. The minimum Gasteiger partial charge on any atom is -0.478 e. The number of carbonyl (C=O) groups is 1. The Kier molecular flexibility index (Phi) is 4.57. The van der Waals surface area contributed by atoms with Crippen LogP contribution >= 0.6 is 11.8 Å². The van der Waals surface area contributed by atoms with Crippen molar-refractivity contribution in [2.24, 2.45) is 0 Å². The van der Waals surface area contributed by atoms with Gasteiger partial charge in [-0.25, -0.2) is 9.78 Å². The summed E-state index contributed by atoms with van der Waals surface area (Å²) in [4.78, 5) is 30.2. The molecule has 2 rings (SSSR count). The lowest BCUT2D eigenvalue weighted by Crippen LogP contribution is -2.09. The molecule has 5 nitrogen and oxygen atoms in total. The van der Waals surface area contributed by atoms with Crippen molar-refractivity contribution in [1.82, 2.24) is 9.97 Å². The SMILES string of the molecule is CCCc1cc(=O)[nH]c(Sc2cccc(C(=O)O)c2)n1. The summed E-state index contributed by atoms with van der Waals surface area (Å²) in [5.74, 6) is -0.978. The molecule has 1 aromatic carbocycles. The second kappa shape index (κ2) is 6.38.